The molecule has 80 valence electrons. The van der Waals surface area contributed by atoms with Crippen molar-refractivity contribution in [3.05, 3.63) is 23.8 Å². The first-order valence-electron chi connectivity index (χ1n) is 4.87. The molecule has 0 saturated heterocycles. The van der Waals surface area contributed by atoms with E-state index in [1.807, 2.05) is 6.92 Å². The molecule has 0 spiro atoms. The van der Waals surface area contributed by atoms with Gasteiger partial charge >= 0.3 is 0 Å². The van der Waals surface area contributed by atoms with Crippen molar-refractivity contribution < 1.29 is 5.11 Å². The average Bonchev–Trinajstić information content (AvgIpc) is 2.14. The van der Waals surface area contributed by atoms with E-state index >= 15 is 0 Å². The molecule has 0 aliphatic heterocycles. The van der Waals surface area contributed by atoms with Gasteiger partial charge in [0, 0.05) is 5.69 Å². The van der Waals surface area contributed by atoms with Crippen LogP contribution in [0.1, 0.15) is 19.4 Å². The molecule has 0 atom stereocenters. The molecule has 14 heavy (non-hydrogen) atoms. The monoisotopic (exact) mass is 196 g/mol. The maximum Gasteiger partial charge on any atom is 0.118 e. The van der Waals surface area contributed by atoms with Gasteiger partial charge in [0.1, 0.15) is 5.75 Å². The summed E-state index contributed by atoms with van der Waals surface area (Å²) in [5.74, 6) is 0.296. The first kappa shape index (κ1) is 12.8. The normalized spacial score (nSPS) is 9.07. The van der Waals surface area contributed by atoms with Crippen LogP contribution in [0, 0.1) is 6.92 Å². The van der Waals surface area contributed by atoms with Crippen molar-refractivity contribution in [2.24, 2.45) is 0 Å². The number of hydrogen-bond acceptors (Lipinski definition) is 3. The molecule has 1 rings (SSSR count). The summed E-state index contributed by atoms with van der Waals surface area (Å²) in [7, 11) is 0. The Bertz CT molecular complexity index is 259. The number of phenolic OH excluding ortho intramolecular Hbond substituents is 1. The Hall–Kier alpha value is -1.22. The molecule has 0 bridgehead atoms. The van der Waals surface area contributed by atoms with Gasteiger partial charge in [-0.25, -0.2) is 0 Å². The highest BCUT2D eigenvalue weighted by molar-refractivity contribution is 5.46. The third-order valence-corrected chi connectivity index (χ3v) is 1.72. The van der Waals surface area contributed by atoms with E-state index in [1.165, 1.54) is 0 Å². The lowest BCUT2D eigenvalue weighted by atomic mass is 10.2. The van der Waals surface area contributed by atoms with Gasteiger partial charge in [0.15, 0.2) is 0 Å². The maximum atomic E-state index is 8.99. The molecule has 0 saturated carbocycles. The van der Waals surface area contributed by atoms with Gasteiger partial charge in [0.2, 0.25) is 0 Å². The number of rotatable bonds is 2. The molecule has 0 aliphatic carbocycles. The summed E-state index contributed by atoms with van der Waals surface area (Å²) >= 11 is 0. The molecule has 0 aliphatic rings. The van der Waals surface area contributed by atoms with Crippen LogP contribution in [0.2, 0.25) is 0 Å². The van der Waals surface area contributed by atoms with E-state index in [0.717, 1.165) is 18.7 Å². The highest BCUT2D eigenvalue weighted by Crippen LogP contribution is 2.17. The highest BCUT2D eigenvalue weighted by atomic mass is 16.3. The van der Waals surface area contributed by atoms with Gasteiger partial charge in [-0.05, 0) is 43.8 Å². The number of aryl methyl sites for hydroxylation is 1. The van der Waals surface area contributed by atoms with Crippen LogP contribution in [0.4, 0.5) is 5.69 Å². The van der Waals surface area contributed by atoms with E-state index in [1.54, 1.807) is 18.2 Å². The molecule has 1 aromatic rings. The van der Waals surface area contributed by atoms with Crippen LogP contribution in [0.5, 0.6) is 5.75 Å². The molecular formula is C11H20N2O. The van der Waals surface area contributed by atoms with E-state index in [2.05, 4.69) is 19.2 Å². The van der Waals surface area contributed by atoms with Crippen LogP contribution in [-0.4, -0.2) is 18.2 Å². The van der Waals surface area contributed by atoms with E-state index in [9.17, 15) is 0 Å². The Balaban J connectivity index is 0.000000292. The molecule has 0 radical (unpaired) electrons. The van der Waals surface area contributed by atoms with Crippen LogP contribution in [-0.2, 0) is 0 Å². The summed E-state index contributed by atoms with van der Waals surface area (Å²) < 4.78 is 0. The Kier molecular flexibility index (Phi) is 6.58. The Labute approximate surface area is 85.9 Å². The number of aromatic hydroxyl groups is 1. The summed E-state index contributed by atoms with van der Waals surface area (Å²) in [4.78, 5) is 0. The molecule has 1 aromatic carbocycles. The Morgan fingerprint density at radius 3 is 2.14 bits per heavy atom. The number of nitrogen functional groups attached to an aromatic ring is 1. The van der Waals surface area contributed by atoms with Crippen LogP contribution in [0.3, 0.4) is 0 Å². The zero-order chi connectivity index (χ0) is 11.0. The lowest BCUT2D eigenvalue weighted by molar-refractivity contribution is 0.471. The average molecular weight is 196 g/mol. The van der Waals surface area contributed by atoms with Crippen molar-refractivity contribution in [1.82, 2.24) is 5.32 Å². The first-order valence-corrected chi connectivity index (χ1v) is 4.87. The SMILES string of the molecule is CCNCC.Cc1cc(N)ccc1O. The Morgan fingerprint density at radius 2 is 1.86 bits per heavy atom. The smallest absolute Gasteiger partial charge is 0.118 e. The molecule has 0 fully saturated rings. The van der Waals surface area contributed by atoms with Crippen LogP contribution in [0.25, 0.3) is 0 Å². The fourth-order valence-corrected chi connectivity index (χ4v) is 0.929. The molecule has 0 heterocycles. The Morgan fingerprint density at radius 1 is 1.29 bits per heavy atom. The summed E-state index contributed by atoms with van der Waals surface area (Å²) in [6.45, 7) is 8.20. The van der Waals surface area contributed by atoms with Crippen molar-refractivity contribution in [2.45, 2.75) is 20.8 Å². The predicted octanol–water partition coefficient (Wildman–Crippen LogP) is 1.90. The minimum absolute atomic E-state index is 0.296. The highest BCUT2D eigenvalue weighted by Gasteiger charge is 1.92. The number of anilines is 1. The first-order chi connectivity index (χ1) is 6.61. The van der Waals surface area contributed by atoms with Gasteiger partial charge in [0.25, 0.3) is 0 Å². The zero-order valence-electron chi connectivity index (χ0n) is 9.17. The van der Waals surface area contributed by atoms with Gasteiger partial charge in [-0.1, -0.05) is 13.8 Å². The minimum atomic E-state index is 0.296. The third kappa shape index (κ3) is 5.43. The molecule has 3 nitrogen and oxygen atoms in total. The second kappa shape index (κ2) is 7.21. The number of nitrogens with two attached hydrogens (primary N) is 1. The fraction of sp³-hybridized carbons (Fsp3) is 0.455. The van der Waals surface area contributed by atoms with Crippen molar-refractivity contribution in [1.29, 1.82) is 0 Å². The van der Waals surface area contributed by atoms with Crippen LogP contribution in [0.15, 0.2) is 18.2 Å². The standard InChI is InChI=1S/C7H9NO.C4H11N/c1-5-4-6(8)2-3-7(5)9;1-3-5-4-2/h2-4,9H,8H2,1H3;5H,3-4H2,1-2H3. The van der Waals surface area contributed by atoms with Gasteiger partial charge in [-0.15, -0.1) is 0 Å². The van der Waals surface area contributed by atoms with Crippen LogP contribution < -0.4 is 11.1 Å². The van der Waals surface area contributed by atoms with Crippen molar-refractivity contribution in [3.8, 4) is 5.75 Å². The van der Waals surface area contributed by atoms with Gasteiger partial charge in [0.05, 0.1) is 0 Å². The summed E-state index contributed by atoms with van der Waals surface area (Å²) in [5.41, 5.74) is 6.92. The van der Waals surface area contributed by atoms with Crippen LogP contribution >= 0.6 is 0 Å². The summed E-state index contributed by atoms with van der Waals surface area (Å²) in [5, 5.41) is 12.1. The number of nitrogens with one attached hydrogen (secondary N) is 1. The quantitative estimate of drug-likeness (QED) is 0.500. The minimum Gasteiger partial charge on any atom is -0.508 e. The van der Waals surface area contributed by atoms with Gasteiger partial charge in [-0.2, -0.15) is 0 Å². The van der Waals surface area contributed by atoms with Crippen molar-refractivity contribution >= 4 is 5.69 Å². The lowest BCUT2D eigenvalue weighted by Gasteiger charge is -1.97. The molecule has 3 heteroatoms. The number of benzene rings is 1. The van der Waals surface area contributed by atoms with E-state index in [4.69, 9.17) is 10.8 Å². The summed E-state index contributed by atoms with van der Waals surface area (Å²) in [6.07, 6.45) is 0. The van der Waals surface area contributed by atoms with Gasteiger partial charge < -0.3 is 16.2 Å². The fourth-order valence-electron chi connectivity index (χ4n) is 0.929. The van der Waals surface area contributed by atoms with Crippen molar-refractivity contribution in [3.63, 3.8) is 0 Å². The number of phenols is 1. The third-order valence-electron chi connectivity index (χ3n) is 1.72. The van der Waals surface area contributed by atoms with Gasteiger partial charge in [-0.3, -0.25) is 0 Å². The second-order valence-electron chi connectivity index (χ2n) is 3.00. The molecular weight excluding hydrogens is 176 g/mol. The van der Waals surface area contributed by atoms with E-state index in [-0.39, 0.29) is 0 Å². The maximum absolute atomic E-state index is 8.99. The predicted molar refractivity (Wildman–Crippen MR) is 61.5 cm³/mol. The molecule has 0 unspecified atom stereocenters. The molecule has 0 aromatic heterocycles. The molecule has 0 amide bonds. The van der Waals surface area contributed by atoms with Crippen molar-refractivity contribution in [2.75, 3.05) is 18.8 Å². The van der Waals surface area contributed by atoms with E-state index < -0.39 is 0 Å². The van der Waals surface area contributed by atoms with E-state index in [0.29, 0.717) is 11.4 Å². The summed E-state index contributed by atoms with van der Waals surface area (Å²) in [6, 6.07) is 4.99. The zero-order valence-corrected chi connectivity index (χ0v) is 9.17. The number of hydrogen-bond donors (Lipinski definition) is 3. The topological polar surface area (TPSA) is 58.3 Å². The largest absolute Gasteiger partial charge is 0.508 e. The second-order valence-corrected chi connectivity index (χ2v) is 3.00. The molecule has 4 N–H and O–H groups in total. The lowest BCUT2D eigenvalue weighted by Crippen LogP contribution is -2.09.